The summed E-state index contributed by atoms with van der Waals surface area (Å²) in [7, 11) is 0. The van der Waals surface area contributed by atoms with Crippen LogP contribution in [-0.4, -0.2) is 41.2 Å². The molecule has 1 aliphatic heterocycles. The molecular formula is C15H20N2O4. The zero-order valence-electron chi connectivity index (χ0n) is 12.2. The van der Waals surface area contributed by atoms with Crippen LogP contribution in [0, 0.1) is 5.92 Å². The summed E-state index contributed by atoms with van der Waals surface area (Å²) in [6, 6.07) is 5.93. The van der Waals surface area contributed by atoms with Gasteiger partial charge in [-0.15, -0.1) is 0 Å². The van der Waals surface area contributed by atoms with E-state index in [0.29, 0.717) is 31.0 Å². The Kier molecular flexibility index (Phi) is 4.67. The summed E-state index contributed by atoms with van der Waals surface area (Å²) in [4.78, 5) is 25.0. The number of urea groups is 1. The maximum Gasteiger partial charge on any atom is 0.326 e. The topological polar surface area (TPSA) is 78.9 Å². The van der Waals surface area contributed by atoms with E-state index < -0.39 is 18.0 Å². The van der Waals surface area contributed by atoms with Crippen LogP contribution in [0.3, 0.4) is 0 Å². The fourth-order valence-corrected chi connectivity index (χ4v) is 2.59. The van der Waals surface area contributed by atoms with E-state index in [2.05, 4.69) is 5.32 Å². The Morgan fingerprint density at radius 1 is 1.43 bits per heavy atom. The number of amides is 2. The number of aliphatic carboxylic acids is 1. The Bertz CT molecular complexity index is 532. The summed E-state index contributed by atoms with van der Waals surface area (Å²) in [6.07, 6.45) is 0.692. The number of para-hydroxylation sites is 2. The minimum absolute atomic E-state index is 0.0459. The second-order valence-corrected chi connectivity index (χ2v) is 5.10. The van der Waals surface area contributed by atoms with Gasteiger partial charge in [-0.2, -0.15) is 0 Å². The van der Waals surface area contributed by atoms with E-state index in [-0.39, 0.29) is 5.92 Å². The number of carbonyl (C=O) groups excluding carboxylic acids is 1. The number of rotatable bonds is 4. The molecule has 0 radical (unpaired) electrons. The number of hydrogen-bond donors (Lipinski definition) is 2. The van der Waals surface area contributed by atoms with Crippen LogP contribution in [0.5, 0.6) is 5.75 Å². The van der Waals surface area contributed by atoms with E-state index in [1.807, 2.05) is 19.9 Å². The average molecular weight is 292 g/mol. The number of hydrogen-bond acceptors (Lipinski definition) is 3. The van der Waals surface area contributed by atoms with E-state index in [1.165, 1.54) is 4.90 Å². The van der Waals surface area contributed by atoms with Gasteiger partial charge in [-0.3, -0.25) is 0 Å². The Morgan fingerprint density at radius 3 is 2.81 bits per heavy atom. The number of anilines is 1. The zero-order valence-corrected chi connectivity index (χ0v) is 12.2. The average Bonchev–Trinajstić information content (AvgIpc) is 2.83. The molecule has 1 aromatic carbocycles. The van der Waals surface area contributed by atoms with Gasteiger partial charge in [-0.05, 0) is 31.4 Å². The number of nitrogens with one attached hydrogen (secondary N) is 1. The third-order valence-corrected chi connectivity index (χ3v) is 3.64. The highest BCUT2D eigenvalue weighted by molar-refractivity contribution is 5.94. The molecule has 1 aromatic rings. The minimum Gasteiger partial charge on any atom is -0.492 e. The van der Waals surface area contributed by atoms with Gasteiger partial charge in [0.25, 0.3) is 0 Å². The molecule has 0 spiro atoms. The smallest absolute Gasteiger partial charge is 0.326 e. The maximum absolute atomic E-state index is 12.3. The van der Waals surface area contributed by atoms with Crippen LogP contribution in [-0.2, 0) is 4.79 Å². The molecule has 0 aromatic heterocycles. The first-order valence-electron chi connectivity index (χ1n) is 7.06. The molecule has 1 aliphatic rings. The Morgan fingerprint density at radius 2 is 2.14 bits per heavy atom. The summed E-state index contributed by atoms with van der Waals surface area (Å²) in [5.41, 5.74) is 0.549. The van der Waals surface area contributed by atoms with Crippen LogP contribution in [0.2, 0.25) is 0 Å². The number of carbonyl (C=O) groups is 2. The van der Waals surface area contributed by atoms with Crippen LogP contribution in [0.15, 0.2) is 24.3 Å². The fraction of sp³-hybridized carbons (Fsp3) is 0.467. The fourth-order valence-electron chi connectivity index (χ4n) is 2.59. The highest BCUT2D eigenvalue weighted by Crippen LogP contribution is 2.27. The second-order valence-electron chi connectivity index (χ2n) is 5.10. The number of carboxylic acids is 1. The summed E-state index contributed by atoms with van der Waals surface area (Å²) >= 11 is 0. The third-order valence-electron chi connectivity index (χ3n) is 3.64. The van der Waals surface area contributed by atoms with Gasteiger partial charge in [-0.1, -0.05) is 19.1 Å². The number of benzene rings is 1. The van der Waals surface area contributed by atoms with Crippen molar-refractivity contribution in [2.45, 2.75) is 26.3 Å². The van der Waals surface area contributed by atoms with Gasteiger partial charge in [0.05, 0.1) is 12.3 Å². The molecule has 2 atom stereocenters. The van der Waals surface area contributed by atoms with Gasteiger partial charge in [0.15, 0.2) is 0 Å². The van der Waals surface area contributed by atoms with Crippen LogP contribution < -0.4 is 10.1 Å². The zero-order chi connectivity index (χ0) is 15.4. The first kappa shape index (κ1) is 15.2. The maximum atomic E-state index is 12.3. The van der Waals surface area contributed by atoms with E-state index >= 15 is 0 Å². The van der Waals surface area contributed by atoms with Crippen molar-refractivity contribution in [3.05, 3.63) is 24.3 Å². The molecule has 0 saturated carbocycles. The molecular weight excluding hydrogens is 272 g/mol. The van der Waals surface area contributed by atoms with Crippen LogP contribution in [0.1, 0.15) is 20.3 Å². The molecule has 0 bridgehead atoms. The Balaban J connectivity index is 2.13. The van der Waals surface area contributed by atoms with Gasteiger partial charge >= 0.3 is 12.0 Å². The predicted octanol–water partition coefficient (Wildman–Crippen LogP) is 2.41. The number of likely N-dealkylation sites (tertiary alicyclic amines) is 1. The summed E-state index contributed by atoms with van der Waals surface area (Å²) in [6.45, 7) is 4.65. The lowest BCUT2D eigenvalue weighted by molar-refractivity contribution is -0.142. The van der Waals surface area contributed by atoms with Crippen molar-refractivity contribution in [1.29, 1.82) is 0 Å². The number of carboxylic acid groups (broad SMARTS) is 1. The van der Waals surface area contributed by atoms with Crippen molar-refractivity contribution in [3.63, 3.8) is 0 Å². The normalized spacial score (nSPS) is 21.1. The van der Waals surface area contributed by atoms with Gasteiger partial charge in [0.2, 0.25) is 0 Å². The van der Waals surface area contributed by atoms with Crippen molar-refractivity contribution in [2.24, 2.45) is 5.92 Å². The van der Waals surface area contributed by atoms with E-state index in [0.717, 1.165) is 0 Å². The third kappa shape index (κ3) is 3.26. The van der Waals surface area contributed by atoms with Crippen LogP contribution in [0.4, 0.5) is 10.5 Å². The molecule has 1 saturated heterocycles. The van der Waals surface area contributed by atoms with Gasteiger partial charge < -0.3 is 20.1 Å². The Labute approximate surface area is 123 Å². The monoisotopic (exact) mass is 292 g/mol. The van der Waals surface area contributed by atoms with Gasteiger partial charge in [0.1, 0.15) is 11.8 Å². The molecule has 6 nitrogen and oxygen atoms in total. The van der Waals surface area contributed by atoms with Crippen molar-refractivity contribution >= 4 is 17.7 Å². The molecule has 1 fully saturated rings. The predicted molar refractivity (Wildman–Crippen MR) is 78.5 cm³/mol. The van der Waals surface area contributed by atoms with E-state index in [9.17, 15) is 14.7 Å². The number of nitrogens with zero attached hydrogens (tertiary/aromatic N) is 1. The molecule has 2 unspecified atom stereocenters. The van der Waals surface area contributed by atoms with Crippen molar-refractivity contribution in [2.75, 3.05) is 18.5 Å². The van der Waals surface area contributed by atoms with Gasteiger partial charge in [0, 0.05) is 6.54 Å². The SMILES string of the molecule is CCOc1ccccc1NC(=O)N1CCC(C)C1C(=O)O. The van der Waals surface area contributed by atoms with Crippen LogP contribution in [0.25, 0.3) is 0 Å². The molecule has 2 rings (SSSR count). The molecule has 1 heterocycles. The molecule has 21 heavy (non-hydrogen) atoms. The summed E-state index contributed by atoms with van der Waals surface area (Å²) < 4.78 is 5.45. The molecule has 0 aliphatic carbocycles. The highest BCUT2D eigenvalue weighted by atomic mass is 16.5. The lowest BCUT2D eigenvalue weighted by Gasteiger charge is -2.24. The van der Waals surface area contributed by atoms with Crippen molar-refractivity contribution < 1.29 is 19.4 Å². The minimum atomic E-state index is -0.965. The standard InChI is InChI=1S/C15H20N2O4/c1-3-21-12-7-5-4-6-11(12)16-15(20)17-9-8-10(2)13(17)14(18)19/h4-7,10,13H,3,8-9H2,1-2H3,(H,16,20)(H,18,19). The quantitative estimate of drug-likeness (QED) is 0.893. The van der Waals surface area contributed by atoms with E-state index in [1.54, 1.807) is 18.2 Å². The number of ether oxygens (including phenoxy) is 1. The molecule has 2 amide bonds. The van der Waals surface area contributed by atoms with E-state index in [4.69, 9.17) is 4.74 Å². The molecule has 114 valence electrons. The largest absolute Gasteiger partial charge is 0.492 e. The second kappa shape index (κ2) is 6.47. The highest BCUT2D eigenvalue weighted by Gasteiger charge is 2.39. The van der Waals surface area contributed by atoms with Crippen LogP contribution >= 0.6 is 0 Å². The summed E-state index contributed by atoms with van der Waals surface area (Å²) in [5, 5.41) is 12.0. The molecule has 2 N–H and O–H groups in total. The van der Waals surface area contributed by atoms with Crippen molar-refractivity contribution in [1.82, 2.24) is 4.90 Å². The summed E-state index contributed by atoms with van der Waals surface area (Å²) in [5.74, 6) is -0.434. The first-order chi connectivity index (χ1) is 10.0. The molecule has 6 heteroatoms. The Hall–Kier alpha value is -2.24. The first-order valence-corrected chi connectivity index (χ1v) is 7.06. The van der Waals surface area contributed by atoms with Crippen molar-refractivity contribution in [3.8, 4) is 5.75 Å². The lowest BCUT2D eigenvalue weighted by Crippen LogP contribution is -2.44. The lowest BCUT2D eigenvalue weighted by atomic mass is 10.0. The van der Waals surface area contributed by atoms with Gasteiger partial charge in [-0.25, -0.2) is 9.59 Å².